The minimum Gasteiger partial charge on any atom is -0.494 e. The van der Waals surface area contributed by atoms with Gasteiger partial charge in [-0.3, -0.25) is 9.69 Å². The van der Waals surface area contributed by atoms with Gasteiger partial charge in [-0.05, 0) is 18.6 Å². The van der Waals surface area contributed by atoms with Crippen LogP contribution >= 0.6 is 11.3 Å². The molecule has 1 aromatic heterocycles. The average Bonchev–Trinajstić information content (AvgIpc) is 3.20. The van der Waals surface area contributed by atoms with Crippen molar-refractivity contribution in [1.82, 2.24) is 9.88 Å². The van der Waals surface area contributed by atoms with Crippen LogP contribution in [0.5, 0.6) is 5.75 Å². The van der Waals surface area contributed by atoms with Gasteiger partial charge in [0, 0.05) is 36.5 Å². The summed E-state index contributed by atoms with van der Waals surface area (Å²) >= 11 is 1.56. The van der Waals surface area contributed by atoms with Crippen molar-refractivity contribution in [3.8, 4) is 17.0 Å². The second-order valence-electron chi connectivity index (χ2n) is 7.36. The summed E-state index contributed by atoms with van der Waals surface area (Å²) in [6.45, 7) is 4.66. The van der Waals surface area contributed by atoms with Crippen molar-refractivity contribution in [3.63, 3.8) is 0 Å². The predicted molar refractivity (Wildman–Crippen MR) is 123 cm³/mol. The van der Waals surface area contributed by atoms with Crippen molar-refractivity contribution in [2.45, 2.75) is 19.4 Å². The predicted octanol–water partition coefficient (Wildman–Crippen LogP) is 4.44. The van der Waals surface area contributed by atoms with E-state index in [1.165, 1.54) is 0 Å². The minimum absolute atomic E-state index is 0.0389. The van der Waals surface area contributed by atoms with Crippen LogP contribution in [0, 0.1) is 0 Å². The molecule has 1 fully saturated rings. The fourth-order valence-electron chi connectivity index (χ4n) is 3.42. The Balaban J connectivity index is 1.36. The molecule has 1 aliphatic heterocycles. The van der Waals surface area contributed by atoms with E-state index < -0.39 is 0 Å². The van der Waals surface area contributed by atoms with Gasteiger partial charge in [-0.25, -0.2) is 4.98 Å². The van der Waals surface area contributed by atoms with Crippen LogP contribution in [0.25, 0.3) is 11.3 Å². The molecule has 4 rings (SSSR count). The first-order valence-electron chi connectivity index (χ1n) is 10.6. The lowest BCUT2D eigenvalue weighted by Gasteiger charge is -2.26. The zero-order chi connectivity index (χ0) is 21.3. The van der Waals surface area contributed by atoms with Crippen LogP contribution in [0.1, 0.15) is 17.7 Å². The molecule has 0 saturated carbocycles. The summed E-state index contributed by atoms with van der Waals surface area (Å²) in [5, 5.41) is 3.63. The SMILES string of the molecule is O=C(CCCOc1ccccc1)Nc1nc(-c2ccccc2)c(CN2CCOCC2)s1. The Kier molecular flexibility index (Phi) is 7.65. The van der Waals surface area contributed by atoms with Gasteiger partial charge >= 0.3 is 0 Å². The van der Waals surface area contributed by atoms with Crippen LogP contribution in [0.3, 0.4) is 0 Å². The van der Waals surface area contributed by atoms with E-state index in [-0.39, 0.29) is 5.91 Å². The van der Waals surface area contributed by atoms with Crippen LogP contribution in [0.2, 0.25) is 0 Å². The first kappa shape index (κ1) is 21.5. The molecule has 0 bridgehead atoms. The molecule has 0 unspecified atom stereocenters. The molecule has 1 saturated heterocycles. The van der Waals surface area contributed by atoms with Gasteiger partial charge in [-0.15, -0.1) is 0 Å². The Morgan fingerprint density at radius 1 is 1.06 bits per heavy atom. The quantitative estimate of drug-likeness (QED) is 0.502. The summed E-state index contributed by atoms with van der Waals surface area (Å²) in [4.78, 5) is 20.7. The zero-order valence-electron chi connectivity index (χ0n) is 17.5. The lowest BCUT2D eigenvalue weighted by atomic mass is 10.1. The minimum atomic E-state index is -0.0389. The third-order valence-corrected chi connectivity index (χ3v) is 5.98. The van der Waals surface area contributed by atoms with Crippen molar-refractivity contribution < 1.29 is 14.3 Å². The summed E-state index contributed by atoms with van der Waals surface area (Å²) in [6, 6.07) is 19.8. The maximum atomic E-state index is 12.4. The highest BCUT2D eigenvalue weighted by molar-refractivity contribution is 7.16. The number of benzene rings is 2. The first-order valence-corrected chi connectivity index (χ1v) is 11.4. The molecular formula is C24H27N3O3S. The van der Waals surface area contributed by atoms with E-state index in [9.17, 15) is 4.79 Å². The number of nitrogens with one attached hydrogen (secondary N) is 1. The number of hydrogen-bond acceptors (Lipinski definition) is 6. The summed E-state index contributed by atoms with van der Waals surface area (Å²) in [5.74, 6) is 0.783. The van der Waals surface area contributed by atoms with Gasteiger partial charge in [-0.2, -0.15) is 0 Å². The van der Waals surface area contributed by atoms with Crippen LogP contribution in [-0.4, -0.2) is 48.7 Å². The molecule has 162 valence electrons. The summed E-state index contributed by atoms with van der Waals surface area (Å²) in [5.41, 5.74) is 2.01. The number of morpholine rings is 1. The van der Waals surface area contributed by atoms with Gasteiger partial charge in [0.25, 0.3) is 0 Å². The topological polar surface area (TPSA) is 63.7 Å². The number of amides is 1. The number of para-hydroxylation sites is 1. The third kappa shape index (κ3) is 6.37. The largest absolute Gasteiger partial charge is 0.494 e. The van der Waals surface area contributed by atoms with Crippen LogP contribution in [0.4, 0.5) is 5.13 Å². The number of carbonyl (C=O) groups is 1. The fourth-order valence-corrected chi connectivity index (χ4v) is 4.46. The molecule has 1 N–H and O–H groups in total. The maximum absolute atomic E-state index is 12.4. The maximum Gasteiger partial charge on any atom is 0.226 e. The molecule has 3 aromatic rings. The number of rotatable bonds is 9. The van der Waals surface area contributed by atoms with Crippen molar-refractivity contribution in [2.24, 2.45) is 0 Å². The van der Waals surface area contributed by atoms with E-state index in [1.807, 2.05) is 48.5 Å². The van der Waals surface area contributed by atoms with Crippen molar-refractivity contribution >= 4 is 22.4 Å². The fraction of sp³-hybridized carbons (Fsp3) is 0.333. The standard InChI is InChI=1S/C24H27N3O3S/c28-22(12-7-15-30-20-10-5-2-6-11-20)25-24-26-23(19-8-3-1-4-9-19)21(31-24)18-27-13-16-29-17-14-27/h1-6,8-11H,7,12-18H2,(H,25,26,28). The molecule has 0 radical (unpaired) electrons. The van der Waals surface area contributed by atoms with E-state index in [4.69, 9.17) is 14.5 Å². The zero-order valence-corrected chi connectivity index (χ0v) is 18.3. The molecule has 31 heavy (non-hydrogen) atoms. The number of nitrogens with zero attached hydrogens (tertiary/aromatic N) is 2. The van der Waals surface area contributed by atoms with Crippen LogP contribution in [-0.2, 0) is 16.1 Å². The number of ether oxygens (including phenoxy) is 2. The Labute approximate surface area is 186 Å². The number of aromatic nitrogens is 1. The van der Waals surface area contributed by atoms with Gasteiger partial charge < -0.3 is 14.8 Å². The number of anilines is 1. The van der Waals surface area contributed by atoms with Gasteiger partial charge in [0.1, 0.15) is 5.75 Å². The van der Waals surface area contributed by atoms with Gasteiger partial charge in [-0.1, -0.05) is 59.9 Å². The Morgan fingerprint density at radius 3 is 2.52 bits per heavy atom. The summed E-state index contributed by atoms with van der Waals surface area (Å²) in [6.07, 6.45) is 1.05. The highest BCUT2D eigenvalue weighted by Crippen LogP contribution is 2.32. The Bertz CT molecular complexity index is 957. The molecule has 0 spiro atoms. The number of hydrogen-bond donors (Lipinski definition) is 1. The molecule has 0 atom stereocenters. The van der Waals surface area contributed by atoms with Crippen LogP contribution < -0.4 is 10.1 Å². The molecular weight excluding hydrogens is 410 g/mol. The second kappa shape index (κ2) is 11.0. The molecule has 2 heterocycles. The van der Waals surface area contributed by atoms with E-state index in [2.05, 4.69) is 22.3 Å². The van der Waals surface area contributed by atoms with E-state index in [0.717, 1.165) is 54.7 Å². The highest BCUT2D eigenvalue weighted by atomic mass is 32.1. The third-order valence-electron chi connectivity index (χ3n) is 5.02. The monoisotopic (exact) mass is 437 g/mol. The smallest absolute Gasteiger partial charge is 0.226 e. The number of thiazole rings is 1. The molecule has 6 nitrogen and oxygen atoms in total. The van der Waals surface area contributed by atoms with Crippen molar-refractivity contribution in [1.29, 1.82) is 0 Å². The van der Waals surface area contributed by atoms with E-state index in [0.29, 0.717) is 24.6 Å². The average molecular weight is 438 g/mol. The van der Waals surface area contributed by atoms with E-state index in [1.54, 1.807) is 11.3 Å². The molecule has 0 aliphatic carbocycles. The lowest BCUT2D eigenvalue weighted by Crippen LogP contribution is -2.35. The second-order valence-corrected chi connectivity index (χ2v) is 8.44. The normalized spacial score (nSPS) is 14.3. The Morgan fingerprint density at radius 2 is 1.77 bits per heavy atom. The van der Waals surface area contributed by atoms with Crippen LogP contribution in [0.15, 0.2) is 60.7 Å². The molecule has 7 heteroatoms. The number of carbonyl (C=O) groups excluding carboxylic acids is 1. The van der Waals surface area contributed by atoms with Gasteiger partial charge in [0.15, 0.2) is 5.13 Å². The van der Waals surface area contributed by atoms with Crippen molar-refractivity contribution in [3.05, 3.63) is 65.5 Å². The molecule has 2 aromatic carbocycles. The van der Waals surface area contributed by atoms with Crippen molar-refractivity contribution in [2.75, 3.05) is 38.2 Å². The Hall–Kier alpha value is -2.74. The van der Waals surface area contributed by atoms with E-state index >= 15 is 0 Å². The van der Waals surface area contributed by atoms with Gasteiger partial charge in [0.05, 0.1) is 25.5 Å². The summed E-state index contributed by atoms with van der Waals surface area (Å²) < 4.78 is 11.1. The first-order chi connectivity index (χ1) is 15.3. The molecule has 1 amide bonds. The van der Waals surface area contributed by atoms with Gasteiger partial charge in [0.2, 0.25) is 5.91 Å². The highest BCUT2D eigenvalue weighted by Gasteiger charge is 2.19. The lowest BCUT2D eigenvalue weighted by molar-refractivity contribution is -0.116. The molecule has 1 aliphatic rings. The summed E-state index contributed by atoms with van der Waals surface area (Å²) in [7, 11) is 0.